The molecule has 94 valence electrons. The van der Waals surface area contributed by atoms with Gasteiger partial charge >= 0.3 is 0 Å². The van der Waals surface area contributed by atoms with E-state index in [1.54, 1.807) is 0 Å². The number of primary amides is 1. The Morgan fingerprint density at radius 1 is 1.29 bits per heavy atom. The molecule has 1 aromatic carbocycles. The molecule has 0 bridgehead atoms. The first kappa shape index (κ1) is 13.5. The SMILES string of the molecule is NCCOc1cccc(CCCCC(N)=O)c1. The van der Waals surface area contributed by atoms with Crippen molar-refractivity contribution in [3.63, 3.8) is 0 Å². The summed E-state index contributed by atoms with van der Waals surface area (Å²) in [7, 11) is 0. The minimum Gasteiger partial charge on any atom is -0.492 e. The lowest BCUT2D eigenvalue weighted by Gasteiger charge is -2.06. The molecule has 0 heterocycles. The molecule has 0 aliphatic carbocycles. The standard InChI is InChI=1S/C13H20N2O2/c14-8-9-17-12-6-3-5-11(10-12)4-1-2-7-13(15)16/h3,5-6,10H,1-2,4,7-9,14H2,(H2,15,16). The highest BCUT2D eigenvalue weighted by Crippen LogP contribution is 2.15. The zero-order chi connectivity index (χ0) is 12.5. The summed E-state index contributed by atoms with van der Waals surface area (Å²) in [5.74, 6) is 0.618. The number of rotatable bonds is 8. The van der Waals surface area contributed by atoms with Crippen molar-refractivity contribution in [2.24, 2.45) is 11.5 Å². The molecule has 4 nitrogen and oxygen atoms in total. The highest BCUT2D eigenvalue weighted by Gasteiger charge is 1.99. The van der Waals surface area contributed by atoms with Gasteiger partial charge in [-0.25, -0.2) is 0 Å². The van der Waals surface area contributed by atoms with Gasteiger partial charge in [0.15, 0.2) is 0 Å². The molecule has 1 amide bonds. The molecule has 0 aromatic heterocycles. The number of carbonyl (C=O) groups excluding carboxylic acids is 1. The van der Waals surface area contributed by atoms with E-state index in [1.165, 1.54) is 5.56 Å². The molecule has 0 fully saturated rings. The zero-order valence-electron chi connectivity index (χ0n) is 10.0. The molecule has 1 aromatic rings. The monoisotopic (exact) mass is 236 g/mol. The summed E-state index contributed by atoms with van der Waals surface area (Å²) in [6.45, 7) is 1.05. The third kappa shape index (κ3) is 5.92. The minimum absolute atomic E-state index is 0.231. The van der Waals surface area contributed by atoms with Gasteiger partial charge in [0.25, 0.3) is 0 Å². The normalized spacial score (nSPS) is 10.2. The molecule has 1 rings (SSSR count). The zero-order valence-corrected chi connectivity index (χ0v) is 10.0. The van der Waals surface area contributed by atoms with Crippen molar-refractivity contribution in [1.82, 2.24) is 0 Å². The number of nitrogens with two attached hydrogens (primary N) is 2. The Balaban J connectivity index is 2.34. The number of hydrogen-bond acceptors (Lipinski definition) is 3. The van der Waals surface area contributed by atoms with Crippen molar-refractivity contribution in [3.05, 3.63) is 29.8 Å². The summed E-state index contributed by atoms with van der Waals surface area (Å²) in [4.78, 5) is 10.6. The Hall–Kier alpha value is -1.55. The number of hydrogen-bond donors (Lipinski definition) is 2. The lowest BCUT2D eigenvalue weighted by Crippen LogP contribution is -2.10. The van der Waals surface area contributed by atoms with Gasteiger partial charge in [-0.15, -0.1) is 0 Å². The van der Waals surface area contributed by atoms with Crippen molar-refractivity contribution in [2.75, 3.05) is 13.2 Å². The molecule has 0 aliphatic rings. The van der Waals surface area contributed by atoms with Crippen molar-refractivity contribution < 1.29 is 9.53 Å². The van der Waals surface area contributed by atoms with Crippen LogP contribution in [0.1, 0.15) is 24.8 Å². The molecule has 0 aliphatic heterocycles. The van der Waals surface area contributed by atoms with E-state index in [0.717, 1.165) is 25.0 Å². The number of amides is 1. The van der Waals surface area contributed by atoms with Crippen LogP contribution in [-0.4, -0.2) is 19.1 Å². The maximum Gasteiger partial charge on any atom is 0.217 e. The number of ether oxygens (including phenoxy) is 1. The van der Waals surface area contributed by atoms with Crippen molar-refractivity contribution in [1.29, 1.82) is 0 Å². The summed E-state index contributed by atoms with van der Waals surface area (Å²) < 4.78 is 5.44. The molecule has 17 heavy (non-hydrogen) atoms. The van der Waals surface area contributed by atoms with Crippen LogP contribution < -0.4 is 16.2 Å². The molecule has 0 saturated carbocycles. The van der Waals surface area contributed by atoms with Crippen LogP contribution in [0, 0.1) is 0 Å². The first-order valence-electron chi connectivity index (χ1n) is 5.92. The fraction of sp³-hybridized carbons (Fsp3) is 0.462. The van der Waals surface area contributed by atoms with Gasteiger partial charge in [0.05, 0.1) is 0 Å². The quantitative estimate of drug-likeness (QED) is 0.666. The predicted octanol–water partition coefficient (Wildman–Crippen LogP) is 1.22. The topological polar surface area (TPSA) is 78.3 Å². The van der Waals surface area contributed by atoms with E-state index >= 15 is 0 Å². The predicted molar refractivity (Wildman–Crippen MR) is 67.7 cm³/mol. The van der Waals surface area contributed by atoms with Crippen LogP contribution in [0.15, 0.2) is 24.3 Å². The maximum absolute atomic E-state index is 10.6. The van der Waals surface area contributed by atoms with Crippen molar-refractivity contribution in [2.45, 2.75) is 25.7 Å². The Morgan fingerprint density at radius 3 is 2.82 bits per heavy atom. The molecule has 4 heteroatoms. The minimum atomic E-state index is -0.231. The third-order valence-electron chi connectivity index (χ3n) is 2.42. The Bertz CT molecular complexity index is 353. The summed E-state index contributed by atoms with van der Waals surface area (Å²) in [6.07, 6.45) is 3.20. The molecule has 0 unspecified atom stereocenters. The lowest BCUT2D eigenvalue weighted by atomic mass is 10.1. The van der Waals surface area contributed by atoms with E-state index in [9.17, 15) is 4.79 Å². The first-order chi connectivity index (χ1) is 8.22. The van der Waals surface area contributed by atoms with Crippen LogP contribution in [0.5, 0.6) is 5.75 Å². The second-order valence-electron chi connectivity index (χ2n) is 3.96. The first-order valence-corrected chi connectivity index (χ1v) is 5.92. The van der Waals surface area contributed by atoms with Gasteiger partial charge in [0.2, 0.25) is 5.91 Å². The number of unbranched alkanes of at least 4 members (excludes halogenated alkanes) is 1. The smallest absolute Gasteiger partial charge is 0.217 e. The van der Waals surface area contributed by atoms with Gasteiger partial charge in [0, 0.05) is 13.0 Å². The van der Waals surface area contributed by atoms with E-state index in [0.29, 0.717) is 19.6 Å². The van der Waals surface area contributed by atoms with Gasteiger partial charge < -0.3 is 16.2 Å². The third-order valence-corrected chi connectivity index (χ3v) is 2.42. The number of carbonyl (C=O) groups is 1. The molecule has 0 spiro atoms. The second kappa shape index (κ2) is 7.68. The van der Waals surface area contributed by atoms with Gasteiger partial charge in [-0.1, -0.05) is 12.1 Å². The Kier molecular flexibility index (Phi) is 6.10. The average molecular weight is 236 g/mol. The summed E-state index contributed by atoms with van der Waals surface area (Å²) in [6, 6.07) is 7.96. The summed E-state index contributed by atoms with van der Waals surface area (Å²) in [5, 5.41) is 0. The molecular formula is C13H20N2O2. The summed E-state index contributed by atoms with van der Waals surface area (Å²) >= 11 is 0. The highest BCUT2D eigenvalue weighted by atomic mass is 16.5. The van der Waals surface area contributed by atoms with E-state index in [4.69, 9.17) is 16.2 Å². The average Bonchev–Trinajstić information content (AvgIpc) is 2.32. The van der Waals surface area contributed by atoms with Crippen LogP contribution in [0.3, 0.4) is 0 Å². The van der Waals surface area contributed by atoms with Crippen LogP contribution >= 0.6 is 0 Å². The second-order valence-corrected chi connectivity index (χ2v) is 3.96. The molecule has 4 N–H and O–H groups in total. The van der Waals surface area contributed by atoms with Gasteiger partial charge in [0.1, 0.15) is 12.4 Å². The largest absolute Gasteiger partial charge is 0.492 e. The Morgan fingerprint density at radius 2 is 2.12 bits per heavy atom. The number of benzene rings is 1. The molecule has 0 atom stereocenters. The van der Waals surface area contributed by atoms with Crippen LogP contribution in [-0.2, 0) is 11.2 Å². The van der Waals surface area contributed by atoms with Gasteiger partial charge in [-0.05, 0) is 37.0 Å². The van der Waals surface area contributed by atoms with Crippen LogP contribution in [0.2, 0.25) is 0 Å². The molecule has 0 saturated heterocycles. The van der Waals surface area contributed by atoms with Crippen molar-refractivity contribution in [3.8, 4) is 5.75 Å². The maximum atomic E-state index is 10.6. The fourth-order valence-electron chi connectivity index (χ4n) is 1.60. The molecular weight excluding hydrogens is 216 g/mol. The van der Waals surface area contributed by atoms with Gasteiger partial charge in [-0.2, -0.15) is 0 Å². The van der Waals surface area contributed by atoms with Crippen LogP contribution in [0.25, 0.3) is 0 Å². The number of aryl methyl sites for hydroxylation is 1. The fourth-order valence-corrected chi connectivity index (χ4v) is 1.60. The Labute approximate surface area is 102 Å². The summed E-state index contributed by atoms with van der Waals surface area (Å²) in [5.41, 5.74) is 11.7. The molecule has 0 radical (unpaired) electrons. The highest BCUT2D eigenvalue weighted by molar-refractivity contribution is 5.73. The van der Waals surface area contributed by atoms with E-state index in [-0.39, 0.29) is 5.91 Å². The lowest BCUT2D eigenvalue weighted by molar-refractivity contribution is -0.118. The van der Waals surface area contributed by atoms with E-state index in [1.807, 2.05) is 18.2 Å². The van der Waals surface area contributed by atoms with Crippen molar-refractivity contribution >= 4 is 5.91 Å². The van der Waals surface area contributed by atoms with E-state index in [2.05, 4.69) is 6.07 Å². The van der Waals surface area contributed by atoms with Crippen LogP contribution in [0.4, 0.5) is 0 Å². The van der Waals surface area contributed by atoms with Gasteiger partial charge in [-0.3, -0.25) is 4.79 Å². The van der Waals surface area contributed by atoms with E-state index < -0.39 is 0 Å².